The van der Waals surface area contributed by atoms with Crippen molar-refractivity contribution in [3.05, 3.63) is 12.2 Å². The zero-order valence-electron chi connectivity index (χ0n) is 11.2. The minimum atomic E-state index is -0.300. The molecule has 1 saturated heterocycles. The third-order valence-corrected chi connectivity index (χ3v) is 3.34. The fraction of sp³-hybridized carbons (Fsp3) is 0.750. The summed E-state index contributed by atoms with van der Waals surface area (Å²) in [5.74, 6) is 0.658. The summed E-state index contributed by atoms with van der Waals surface area (Å²) in [6.45, 7) is 2.39. The van der Waals surface area contributed by atoms with E-state index in [-0.39, 0.29) is 12.0 Å². The molecular weight excluding hydrogens is 248 g/mol. The summed E-state index contributed by atoms with van der Waals surface area (Å²) in [6, 6.07) is 0. The van der Waals surface area contributed by atoms with E-state index < -0.39 is 0 Å². The Balaban J connectivity index is 1.72. The van der Waals surface area contributed by atoms with Gasteiger partial charge in [-0.25, -0.2) is 0 Å². The van der Waals surface area contributed by atoms with Crippen molar-refractivity contribution in [3.8, 4) is 0 Å². The molecule has 19 heavy (non-hydrogen) atoms. The van der Waals surface area contributed by atoms with Gasteiger partial charge in [0.05, 0.1) is 12.6 Å². The lowest BCUT2D eigenvalue weighted by Crippen LogP contribution is -2.45. The first kappa shape index (κ1) is 14.0. The molecule has 0 bridgehead atoms. The number of hydrogen-bond acceptors (Lipinski definition) is 6. The van der Waals surface area contributed by atoms with Gasteiger partial charge in [0.1, 0.15) is 0 Å². The average Bonchev–Trinajstić information content (AvgIpc) is 2.89. The van der Waals surface area contributed by atoms with Crippen molar-refractivity contribution < 1.29 is 14.4 Å². The predicted octanol–water partition coefficient (Wildman–Crippen LogP) is -0.473. The lowest BCUT2D eigenvalue weighted by molar-refractivity contribution is -0.131. The standard InChI is InChI=1S/C12H20N4O3/c1-15(6-4-11-13-9-19-14-11)12(18)8-16-5-2-3-10(17)7-16/h9-10,17H,2-8H2,1H3. The molecule has 0 saturated carbocycles. The van der Waals surface area contributed by atoms with E-state index in [1.165, 1.54) is 6.39 Å². The molecule has 7 nitrogen and oxygen atoms in total. The Labute approximate surface area is 112 Å². The molecule has 1 unspecified atom stereocenters. The third-order valence-electron chi connectivity index (χ3n) is 3.34. The molecular formula is C12H20N4O3. The Morgan fingerprint density at radius 2 is 2.53 bits per heavy atom. The van der Waals surface area contributed by atoms with Gasteiger partial charge >= 0.3 is 0 Å². The van der Waals surface area contributed by atoms with Crippen molar-refractivity contribution in [1.29, 1.82) is 0 Å². The number of likely N-dealkylation sites (tertiary alicyclic amines) is 1. The lowest BCUT2D eigenvalue weighted by atomic mass is 10.1. The van der Waals surface area contributed by atoms with E-state index in [0.717, 1.165) is 19.4 Å². The number of aliphatic hydroxyl groups excluding tert-OH is 1. The number of aromatic nitrogens is 2. The molecule has 1 aliphatic heterocycles. The van der Waals surface area contributed by atoms with Gasteiger partial charge in [-0.1, -0.05) is 5.16 Å². The van der Waals surface area contributed by atoms with Gasteiger partial charge in [0.2, 0.25) is 12.3 Å². The quantitative estimate of drug-likeness (QED) is 0.777. The molecule has 1 aromatic heterocycles. The zero-order chi connectivity index (χ0) is 13.7. The Morgan fingerprint density at radius 3 is 3.21 bits per heavy atom. The maximum absolute atomic E-state index is 12.0. The Bertz CT molecular complexity index is 396. The van der Waals surface area contributed by atoms with Crippen LogP contribution in [0.2, 0.25) is 0 Å². The molecule has 1 N–H and O–H groups in total. The molecule has 1 aliphatic rings. The normalized spacial score (nSPS) is 20.4. The topological polar surface area (TPSA) is 82.7 Å². The molecule has 1 aromatic rings. The molecule has 7 heteroatoms. The van der Waals surface area contributed by atoms with Crippen LogP contribution in [0.25, 0.3) is 0 Å². The molecule has 0 aliphatic carbocycles. The molecule has 1 amide bonds. The van der Waals surface area contributed by atoms with Gasteiger partial charge in [-0.15, -0.1) is 0 Å². The molecule has 0 aromatic carbocycles. The second kappa shape index (κ2) is 6.63. The SMILES string of the molecule is CN(CCc1ncon1)C(=O)CN1CCCC(O)C1. The number of piperidine rings is 1. The van der Waals surface area contributed by atoms with E-state index in [1.807, 2.05) is 4.90 Å². The smallest absolute Gasteiger partial charge is 0.236 e. The number of carbonyl (C=O) groups excluding carboxylic acids is 1. The molecule has 2 rings (SSSR count). The minimum absolute atomic E-state index is 0.0533. The van der Waals surface area contributed by atoms with Gasteiger partial charge in [0, 0.05) is 26.6 Å². The van der Waals surface area contributed by atoms with Crippen LogP contribution in [0.15, 0.2) is 10.9 Å². The number of aliphatic hydroxyl groups is 1. The van der Waals surface area contributed by atoms with Gasteiger partial charge in [-0.3, -0.25) is 9.69 Å². The number of rotatable bonds is 5. The van der Waals surface area contributed by atoms with Crippen LogP contribution in [-0.2, 0) is 11.2 Å². The van der Waals surface area contributed by atoms with Gasteiger partial charge in [-0.2, -0.15) is 4.98 Å². The Hall–Kier alpha value is -1.47. The second-order valence-electron chi connectivity index (χ2n) is 4.94. The molecule has 0 spiro atoms. The van der Waals surface area contributed by atoms with Gasteiger partial charge < -0.3 is 14.5 Å². The monoisotopic (exact) mass is 268 g/mol. The van der Waals surface area contributed by atoms with E-state index in [1.54, 1.807) is 11.9 Å². The molecule has 1 atom stereocenters. The van der Waals surface area contributed by atoms with E-state index >= 15 is 0 Å². The van der Waals surface area contributed by atoms with Crippen LogP contribution in [0, 0.1) is 0 Å². The third kappa shape index (κ3) is 4.29. The highest BCUT2D eigenvalue weighted by Crippen LogP contribution is 2.09. The van der Waals surface area contributed by atoms with Crippen LogP contribution in [-0.4, -0.2) is 70.3 Å². The fourth-order valence-corrected chi connectivity index (χ4v) is 2.18. The first-order chi connectivity index (χ1) is 9.15. The number of hydrogen-bond donors (Lipinski definition) is 1. The average molecular weight is 268 g/mol. The van der Waals surface area contributed by atoms with Crippen molar-refractivity contribution in [2.75, 3.05) is 33.2 Å². The first-order valence-corrected chi connectivity index (χ1v) is 6.55. The number of amides is 1. The highest BCUT2D eigenvalue weighted by molar-refractivity contribution is 5.78. The number of nitrogens with zero attached hydrogens (tertiary/aromatic N) is 4. The molecule has 106 valence electrons. The van der Waals surface area contributed by atoms with Crippen molar-refractivity contribution in [3.63, 3.8) is 0 Å². The van der Waals surface area contributed by atoms with Gasteiger partial charge in [0.15, 0.2) is 5.82 Å². The van der Waals surface area contributed by atoms with Crippen molar-refractivity contribution in [2.24, 2.45) is 0 Å². The van der Waals surface area contributed by atoms with Crippen LogP contribution < -0.4 is 0 Å². The highest BCUT2D eigenvalue weighted by Gasteiger charge is 2.21. The molecule has 1 fully saturated rings. The minimum Gasteiger partial charge on any atom is -0.392 e. The van der Waals surface area contributed by atoms with E-state index in [0.29, 0.717) is 31.9 Å². The maximum atomic E-state index is 12.0. The Morgan fingerprint density at radius 1 is 1.68 bits per heavy atom. The predicted molar refractivity (Wildman–Crippen MR) is 67.3 cm³/mol. The lowest BCUT2D eigenvalue weighted by Gasteiger charge is -2.30. The van der Waals surface area contributed by atoms with Gasteiger partial charge in [-0.05, 0) is 19.4 Å². The van der Waals surface area contributed by atoms with Crippen molar-refractivity contribution in [1.82, 2.24) is 19.9 Å². The van der Waals surface area contributed by atoms with E-state index in [9.17, 15) is 9.90 Å². The van der Waals surface area contributed by atoms with Crippen LogP contribution in [0.4, 0.5) is 0 Å². The second-order valence-corrected chi connectivity index (χ2v) is 4.94. The van der Waals surface area contributed by atoms with Crippen molar-refractivity contribution >= 4 is 5.91 Å². The fourth-order valence-electron chi connectivity index (χ4n) is 2.18. The Kier molecular flexibility index (Phi) is 4.86. The molecule has 0 radical (unpaired) electrons. The van der Waals surface area contributed by atoms with E-state index in [2.05, 4.69) is 14.7 Å². The summed E-state index contributed by atoms with van der Waals surface area (Å²) in [5, 5.41) is 13.3. The summed E-state index contributed by atoms with van der Waals surface area (Å²) < 4.78 is 4.64. The number of likely N-dealkylation sites (N-methyl/N-ethyl adjacent to an activating group) is 1. The summed E-state index contributed by atoms with van der Waals surface area (Å²) in [6.07, 6.45) is 3.35. The largest absolute Gasteiger partial charge is 0.392 e. The van der Waals surface area contributed by atoms with Crippen LogP contribution >= 0.6 is 0 Å². The summed E-state index contributed by atoms with van der Waals surface area (Å²) in [5.41, 5.74) is 0. The van der Waals surface area contributed by atoms with Gasteiger partial charge in [0.25, 0.3) is 0 Å². The van der Waals surface area contributed by atoms with Crippen LogP contribution in [0.1, 0.15) is 18.7 Å². The summed E-state index contributed by atoms with van der Waals surface area (Å²) in [7, 11) is 1.77. The zero-order valence-corrected chi connectivity index (χ0v) is 11.2. The van der Waals surface area contributed by atoms with E-state index in [4.69, 9.17) is 0 Å². The van der Waals surface area contributed by atoms with Crippen LogP contribution in [0.5, 0.6) is 0 Å². The van der Waals surface area contributed by atoms with Crippen molar-refractivity contribution in [2.45, 2.75) is 25.4 Å². The highest BCUT2D eigenvalue weighted by atomic mass is 16.5. The summed E-state index contributed by atoms with van der Waals surface area (Å²) >= 11 is 0. The number of carbonyl (C=O) groups is 1. The molecule has 2 heterocycles. The maximum Gasteiger partial charge on any atom is 0.236 e. The first-order valence-electron chi connectivity index (χ1n) is 6.55. The number of β-amino-alcohol motifs (C(OH)–C–C–N with tert-alkyl or cyclic N) is 1. The summed E-state index contributed by atoms with van der Waals surface area (Å²) in [4.78, 5) is 19.6. The van der Waals surface area contributed by atoms with Crippen LogP contribution in [0.3, 0.4) is 0 Å².